The van der Waals surface area contributed by atoms with Gasteiger partial charge in [0.2, 0.25) is 0 Å². The predicted octanol–water partition coefficient (Wildman–Crippen LogP) is 2.02. The van der Waals surface area contributed by atoms with Gasteiger partial charge in [0.1, 0.15) is 0 Å². The molecule has 0 atom stereocenters. The van der Waals surface area contributed by atoms with E-state index in [-0.39, 0.29) is 18.3 Å². The zero-order chi connectivity index (χ0) is 10.7. The van der Waals surface area contributed by atoms with Crippen LogP contribution in [0.25, 0.3) is 0 Å². The van der Waals surface area contributed by atoms with Gasteiger partial charge in [-0.1, -0.05) is 19.9 Å². The van der Waals surface area contributed by atoms with E-state index in [2.05, 4.69) is 0 Å². The lowest BCUT2D eigenvalue weighted by molar-refractivity contribution is 0.270. The standard InChI is InChI=1S/C11H16O3/c1-7(2)8-4-5-10(14-3)11(13)9(8)6-12/h4-5,7,12-13H,6H2,1-3H3. The Labute approximate surface area is 84.0 Å². The molecule has 0 aromatic heterocycles. The molecule has 0 aliphatic rings. The van der Waals surface area contributed by atoms with Gasteiger partial charge < -0.3 is 14.9 Å². The van der Waals surface area contributed by atoms with Crippen LogP contribution in [0, 0.1) is 0 Å². The van der Waals surface area contributed by atoms with Crippen molar-refractivity contribution in [3.8, 4) is 11.5 Å². The maximum Gasteiger partial charge on any atom is 0.163 e. The number of methoxy groups -OCH3 is 1. The van der Waals surface area contributed by atoms with E-state index in [1.54, 1.807) is 6.07 Å². The van der Waals surface area contributed by atoms with E-state index in [0.29, 0.717) is 11.3 Å². The summed E-state index contributed by atoms with van der Waals surface area (Å²) >= 11 is 0. The van der Waals surface area contributed by atoms with Crippen LogP contribution < -0.4 is 4.74 Å². The molecular weight excluding hydrogens is 180 g/mol. The molecule has 1 aromatic rings. The van der Waals surface area contributed by atoms with Crippen LogP contribution >= 0.6 is 0 Å². The molecule has 1 rings (SSSR count). The molecule has 0 unspecified atom stereocenters. The minimum Gasteiger partial charge on any atom is -0.504 e. The predicted molar refractivity (Wildman–Crippen MR) is 54.7 cm³/mol. The Morgan fingerprint density at radius 2 is 2.00 bits per heavy atom. The van der Waals surface area contributed by atoms with Gasteiger partial charge in [0.25, 0.3) is 0 Å². The zero-order valence-corrected chi connectivity index (χ0v) is 8.74. The van der Waals surface area contributed by atoms with Crippen molar-refractivity contribution >= 4 is 0 Å². The fourth-order valence-electron chi connectivity index (χ4n) is 1.50. The number of rotatable bonds is 3. The molecule has 2 N–H and O–H groups in total. The summed E-state index contributed by atoms with van der Waals surface area (Å²) in [5.74, 6) is 0.716. The van der Waals surface area contributed by atoms with Gasteiger partial charge >= 0.3 is 0 Å². The van der Waals surface area contributed by atoms with Gasteiger partial charge in [0.15, 0.2) is 11.5 Å². The van der Waals surface area contributed by atoms with Crippen LogP contribution in [0.3, 0.4) is 0 Å². The van der Waals surface area contributed by atoms with Gasteiger partial charge in [-0.2, -0.15) is 0 Å². The monoisotopic (exact) mass is 196 g/mol. The van der Waals surface area contributed by atoms with E-state index in [4.69, 9.17) is 9.84 Å². The van der Waals surface area contributed by atoms with Crippen LogP contribution in [0.5, 0.6) is 11.5 Å². The Morgan fingerprint density at radius 1 is 1.36 bits per heavy atom. The zero-order valence-electron chi connectivity index (χ0n) is 8.74. The van der Waals surface area contributed by atoms with Gasteiger partial charge in [-0.15, -0.1) is 0 Å². The van der Waals surface area contributed by atoms with Gasteiger partial charge in [-0.3, -0.25) is 0 Å². The summed E-state index contributed by atoms with van der Waals surface area (Å²) in [5.41, 5.74) is 1.50. The quantitative estimate of drug-likeness (QED) is 0.777. The molecule has 0 aliphatic carbocycles. The van der Waals surface area contributed by atoms with Crippen LogP contribution in [0.4, 0.5) is 0 Å². The second kappa shape index (κ2) is 4.33. The Hall–Kier alpha value is -1.22. The summed E-state index contributed by atoms with van der Waals surface area (Å²) < 4.78 is 4.96. The van der Waals surface area contributed by atoms with E-state index in [9.17, 15) is 5.11 Å². The average Bonchev–Trinajstić information content (AvgIpc) is 2.17. The molecule has 0 bridgehead atoms. The van der Waals surface area contributed by atoms with E-state index >= 15 is 0 Å². The van der Waals surface area contributed by atoms with Gasteiger partial charge in [0, 0.05) is 5.56 Å². The van der Waals surface area contributed by atoms with Crippen LogP contribution in [0.1, 0.15) is 30.9 Å². The Morgan fingerprint density at radius 3 is 2.43 bits per heavy atom. The van der Waals surface area contributed by atoms with Crippen LogP contribution in [0.15, 0.2) is 12.1 Å². The topological polar surface area (TPSA) is 49.7 Å². The van der Waals surface area contributed by atoms with Crippen molar-refractivity contribution in [1.82, 2.24) is 0 Å². The molecule has 14 heavy (non-hydrogen) atoms. The highest BCUT2D eigenvalue weighted by Crippen LogP contribution is 2.35. The molecule has 0 saturated heterocycles. The maximum absolute atomic E-state index is 9.73. The first-order chi connectivity index (χ1) is 6.61. The number of hydrogen-bond donors (Lipinski definition) is 2. The molecule has 78 valence electrons. The van der Waals surface area contributed by atoms with Gasteiger partial charge in [0.05, 0.1) is 13.7 Å². The third-order valence-electron chi connectivity index (χ3n) is 2.28. The summed E-state index contributed by atoms with van der Waals surface area (Å²) in [6.07, 6.45) is 0. The summed E-state index contributed by atoms with van der Waals surface area (Å²) in [5, 5.41) is 18.9. The number of benzene rings is 1. The van der Waals surface area contributed by atoms with Gasteiger partial charge in [-0.05, 0) is 17.5 Å². The highest BCUT2D eigenvalue weighted by atomic mass is 16.5. The minimum atomic E-state index is -0.170. The summed E-state index contributed by atoms with van der Waals surface area (Å²) in [6, 6.07) is 3.58. The lowest BCUT2D eigenvalue weighted by Gasteiger charge is -2.14. The molecule has 0 heterocycles. The lowest BCUT2D eigenvalue weighted by atomic mass is 9.96. The van der Waals surface area contributed by atoms with E-state index in [1.807, 2.05) is 19.9 Å². The lowest BCUT2D eigenvalue weighted by Crippen LogP contribution is -1.98. The molecule has 0 spiro atoms. The fourth-order valence-corrected chi connectivity index (χ4v) is 1.50. The Balaban J connectivity index is 3.28. The second-order valence-corrected chi connectivity index (χ2v) is 3.50. The molecular formula is C11H16O3. The van der Waals surface area contributed by atoms with E-state index < -0.39 is 0 Å². The Kier molecular flexibility index (Phi) is 3.36. The minimum absolute atomic E-state index is 0.0428. The third kappa shape index (κ3) is 1.82. The van der Waals surface area contributed by atoms with Crippen molar-refractivity contribution < 1.29 is 14.9 Å². The number of phenols is 1. The van der Waals surface area contributed by atoms with Crippen LogP contribution in [0.2, 0.25) is 0 Å². The summed E-state index contributed by atoms with van der Waals surface area (Å²) in [6.45, 7) is 3.86. The molecule has 0 saturated carbocycles. The first-order valence-corrected chi connectivity index (χ1v) is 4.61. The highest BCUT2D eigenvalue weighted by molar-refractivity contribution is 5.50. The molecule has 0 aliphatic heterocycles. The van der Waals surface area contributed by atoms with Crippen LogP contribution in [-0.4, -0.2) is 17.3 Å². The fraction of sp³-hybridized carbons (Fsp3) is 0.455. The van der Waals surface area contributed by atoms with E-state index in [1.165, 1.54) is 7.11 Å². The number of hydrogen-bond acceptors (Lipinski definition) is 3. The van der Waals surface area contributed by atoms with Crippen molar-refractivity contribution in [1.29, 1.82) is 0 Å². The van der Waals surface area contributed by atoms with Gasteiger partial charge in [-0.25, -0.2) is 0 Å². The van der Waals surface area contributed by atoms with Crippen molar-refractivity contribution in [3.63, 3.8) is 0 Å². The second-order valence-electron chi connectivity index (χ2n) is 3.50. The smallest absolute Gasteiger partial charge is 0.163 e. The SMILES string of the molecule is COc1ccc(C(C)C)c(CO)c1O. The Bertz CT molecular complexity index is 319. The number of ether oxygens (including phenoxy) is 1. The third-order valence-corrected chi connectivity index (χ3v) is 2.28. The molecule has 3 nitrogen and oxygen atoms in total. The molecule has 0 radical (unpaired) electrons. The first-order valence-electron chi connectivity index (χ1n) is 4.61. The molecule has 1 aromatic carbocycles. The maximum atomic E-state index is 9.73. The number of aliphatic hydroxyl groups excluding tert-OH is 1. The van der Waals surface area contributed by atoms with Crippen molar-refractivity contribution in [2.24, 2.45) is 0 Å². The van der Waals surface area contributed by atoms with E-state index in [0.717, 1.165) is 5.56 Å². The van der Waals surface area contributed by atoms with Crippen molar-refractivity contribution in [2.75, 3.05) is 7.11 Å². The van der Waals surface area contributed by atoms with Crippen LogP contribution in [-0.2, 0) is 6.61 Å². The first kappa shape index (κ1) is 10.9. The molecule has 3 heteroatoms. The molecule has 0 amide bonds. The normalized spacial score (nSPS) is 10.6. The summed E-state index contributed by atoms with van der Waals surface area (Å²) in [4.78, 5) is 0. The average molecular weight is 196 g/mol. The largest absolute Gasteiger partial charge is 0.504 e. The molecule has 0 fully saturated rings. The highest BCUT2D eigenvalue weighted by Gasteiger charge is 2.14. The van der Waals surface area contributed by atoms with Crippen molar-refractivity contribution in [3.05, 3.63) is 23.3 Å². The number of aromatic hydroxyl groups is 1. The summed E-state index contributed by atoms with van der Waals surface area (Å²) in [7, 11) is 1.49. The van der Waals surface area contributed by atoms with Crippen molar-refractivity contribution in [2.45, 2.75) is 26.4 Å². The number of aliphatic hydroxyl groups is 1.